The Balaban J connectivity index is 2.25. The zero-order chi connectivity index (χ0) is 21.9. The summed E-state index contributed by atoms with van der Waals surface area (Å²) in [6, 6.07) is 13.9. The summed E-state index contributed by atoms with van der Waals surface area (Å²) < 4.78 is 16.6. The molecule has 0 fully saturated rings. The lowest BCUT2D eigenvalue weighted by molar-refractivity contribution is 0.295. The Kier molecular flexibility index (Phi) is 9.28. The average molecular weight is 415 g/mol. The van der Waals surface area contributed by atoms with Crippen molar-refractivity contribution in [2.24, 2.45) is 4.99 Å². The summed E-state index contributed by atoms with van der Waals surface area (Å²) in [5, 5.41) is 6.66. The lowest BCUT2D eigenvalue weighted by Gasteiger charge is -2.25. The minimum Gasteiger partial charge on any atom is -0.496 e. The van der Waals surface area contributed by atoms with Crippen molar-refractivity contribution in [2.45, 2.75) is 19.9 Å². The van der Waals surface area contributed by atoms with Crippen LogP contribution in [-0.4, -0.2) is 58.9 Å². The summed E-state index contributed by atoms with van der Waals surface area (Å²) in [5.41, 5.74) is 1.98. The molecule has 7 nitrogen and oxygen atoms in total. The minimum absolute atomic E-state index is 0.0754. The molecule has 0 aliphatic heterocycles. The van der Waals surface area contributed by atoms with Crippen LogP contribution in [0.4, 0.5) is 5.69 Å². The standard InChI is InChI=1S/C23H34N4O3/c1-7-24-23(26-17-13-14-21(29-6)22(15-17)30-8-2)25-16-19(27(3)4)18-11-9-10-12-20(18)28-5/h9-15,19H,7-8,16H2,1-6H3,(H2,24,25,26). The molecule has 2 aromatic rings. The fourth-order valence-electron chi connectivity index (χ4n) is 3.13. The Morgan fingerprint density at radius 2 is 1.73 bits per heavy atom. The number of aliphatic imine (C=N–C) groups is 1. The topological polar surface area (TPSA) is 67.4 Å². The molecule has 30 heavy (non-hydrogen) atoms. The molecule has 1 atom stereocenters. The van der Waals surface area contributed by atoms with Gasteiger partial charge in [0.25, 0.3) is 0 Å². The molecule has 0 amide bonds. The number of guanidine groups is 1. The highest BCUT2D eigenvalue weighted by atomic mass is 16.5. The van der Waals surface area contributed by atoms with E-state index in [1.54, 1.807) is 14.2 Å². The van der Waals surface area contributed by atoms with Crippen LogP contribution in [0.25, 0.3) is 0 Å². The first-order chi connectivity index (χ1) is 14.5. The Labute approximate surface area is 180 Å². The van der Waals surface area contributed by atoms with E-state index < -0.39 is 0 Å². The number of hydrogen-bond donors (Lipinski definition) is 2. The fourth-order valence-corrected chi connectivity index (χ4v) is 3.13. The van der Waals surface area contributed by atoms with Crippen molar-refractivity contribution in [3.05, 3.63) is 48.0 Å². The lowest BCUT2D eigenvalue weighted by atomic mass is 10.0. The van der Waals surface area contributed by atoms with Crippen LogP contribution in [0.15, 0.2) is 47.5 Å². The molecule has 0 saturated heterocycles. The molecule has 0 radical (unpaired) electrons. The number of rotatable bonds is 10. The molecule has 0 aromatic heterocycles. The number of likely N-dealkylation sites (N-methyl/N-ethyl adjacent to an activating group) is 1. The Hall–Kier alpha value is -2.93. The first-order valence-corrected chi connectivity index (χ1v) is 10.2. The van der Waals surface area contributed by atoms with Crippen molar-refractivity contribution in [3.8, 4) is 17.2 Å². The van der Waals surface area contributed by atoms with Gasteiger partial charge in [0.1, 0.15) is 5.75 Å². The van der Waals surface area contributed by atoms with Crippen LogP contribution < -0.4 is 24.8 Å². The molecule has 1 unspecified atom stereocenters. The van der Waals surface area contributed by atoms with Crippen molar-refractivity contribution < 1.29 is 14.2 Å². The molecule has 164 valence electrons. The van der Waals surface area contributed by atoms with Gasteiger partial charge in [-0.25, -0.2) is 0 Å². The van der Waals surface area contributed by atoms with Gasteiger partial charge in [-0.05, 0) is 46.1 Å². The van der Waals surface area contributed by atoms with E-state index in [0.29, 0.717) is 30.6 Å². The molecule has 2 N–H and O–H groups in total. The van der Waals surface area contributed by atoms with Crippen LogP contribution in [0.2, 0.25) is 0 Å². The van der Waals surface area contributed by atoms with Gasteiger partial charge in [-0.3, -0.25) is 4.99 Å². The van der Waals surface area contributed by atoms with Crippen molar-refractivity contribution in [1.82, 2.24) is 10.2 Å². The van der Waals surface area contributed by atoms with Crippen LogP contribution in [0, 0.1) is 0 Å². The summed E-state index contributed by atoms with van der Waals surface area (Å²) in [4.78, 5) is 6.97. The monoisotopic (exact) mass is 414 g/mol. The largest absolute Gasteiger partial charge is 0.496 e. The molecule has 7 heteroatoms. The summed E-state index contributed by atoms with van der Waals surface area (Å²) in [7, 11) is 7.42. The maximum Gasteiger partial charge on any atom is 0.195 e. The van der Waals surface area contributed by atoms with Gasteiger partial charge in [-0.15, -0.1) is 0 Å². The number of nitrogens with one attached hydrogen (secondary N) is 2. The van der Waals surface area contributed by atoms with E-state index in [9.17, 15) is 0 Å². The van der Waals surface area contributed by atoms with Crippen LogP contribution in [0.3, 0.4) is 0 Å². The predicted molar refractivity (Wildman–Crippen MR) is 123 cm³/mol. The molecule has 0 bridgehead atoms. The first kappa shape index (κ1) is 23.3. The minimum atomic E-state index is 0.0754. The second kappa shape index (κ2) is 11.9. The van der Waals surface area contributed by atoms with Crippen LogP contribution >= 0.6 is 0 Å². The quantitative estimate of drug-likeness (QED) is 0.456. The number of methoxy groups -OCH3 is 2. The average Bonchev–Trinajstić information content (AvgIpc) is 2.74. The highest BCUT2D eigenvalue weighted by molar-refractivity contribution is 5.94. The molecular weight excluding hydrogens is 380 g/mol. The third-order valence-corrected chi connectivity index (χ3v) is 4.61. The highest BCUT2D eigenvalue weighted by Crippen LogP contribution is 2.30. The van der Waals surface area contributed by atoms with Crippen molar-refractivity contribution >= 4 is 11.6 Å². The van der Waals surface area contributed by atoms with E-state index in [2.05, 4.69) is 21.6 Å². The number of para-hydroxylation sites is 1. The summed E-state index contributed by atoms with van der Waals surface area (Å²) >= 11 is 0. The molecule has 0 saturated carbocycles. The highest BCUT2D eigenvalue weighted by Gasteiger charge is 2.18. The number of hydrogen-bond acceptors (Lipinski definition) is 5. The van der Waals surface area contributed by atoms with Gasteiger partial charge >= 0.3 is 0 Å². The third-order valence-electron chi connectivity index (χ3n) is 4.61. The van der Waals surface area contributed by atoms with Gasteiger partial charge in [-0.2, -0.15) is 0 Å². The van der Waals surface area contributed by atoms with Crippen LogP contribution in [-0.2, 0) is 0 Å². The van der Waals surface area contributed by atoms with E-state index in [-0.39, 0.29) is 6.04 Å². The van der Waals surface area contributed by atoms with Crippen LogP contribution in [0.1, 0.15) is 25.5 Å². The molecule has 2 rings (SSSR count). The molecule has 0 aliphatic rings. The summed E-state index contributed by atoms with van der Waals surface area (Å²) in [5.74, 6) is 2.96. The molecule has 0 heterocycles. The predicted octanol–water partition coefficient (Wildman–Crippen LogP) is 3.78. The molecule has 0 aliphatic carbocycles. The third kappa shape index (κ3) is 6.29. The Morgan fingerprint density at radius 1 is 1.00 bits per heavy atom. The fraction of sp³-hybridized carbons (Fsp3) is 0.435. The second-order valence-corrected chi connectivity index (χ2v) is 6.86. The van der Waals surface area contributed by atoms with Crippen molar-refractivity contribution in [2.75, 3.05) is 53.3 Å². The normalized spacial score (nSPS) is 12.4. The Bertz CT molecular complexity index is 824. The van der Waals surface area contributed by atoms with Gasteiger partial charge < -0.3 is 29.7 Å². The molecular formula is C23H34N4O3. The van der Waals surface area contributed by atoms with E-state index >= 15 is 0 Å². The zero-order valence-electron chi connectivity index (χ0n) is 18.9. The van der Waals surface area contributed by atoms with Gasteiger partial charge in [0.05, 0.1) is 33.4 Å². The Morgan fingerprint density at radius 3 is 2.37 bits per heavy atom. The second-order valence-electron chi connectivity index (χ2n) is 6.86. The van der Waals surface area contributed by atoms with Crippen LogP contribution in [0.5, 0.6) is 17.2 Å². The zero-order valence-corrected chi connectivity index (χ0v) is 18.9. The van der Waals surface area contributed by atoms with E-state index in [1.165, 1.54) is 0 Å². The molecule has 0 spiro atoms. The maximum absolute atomic E-state index is 5.68. The maximum atomic E-state index is 5.68. The van der Waals surface area contributed by atoms with Gasteiger partial charge in [0, 0.05) is 23.9 Å². The van der Waals surface area contributed by atoms with Gasteiger partial charge in [-0.1, -0.05) is 18.2 Å². The van der Waals surface area contributed by atoms with E-state index in [4.69, 9.17) is 19.2 Å². The number of ether oxygens (including phenoxy) is 3. The van der Waals surface area contributed by atoms with Crippen molar-refractivity contribution in [1.29, 1.82) is 0 Å². The van der Waals surface area contributed by atoms with E-state index in [1.807, 2.05) is 64.3 Å². The van der Waals surface area contributed by atoms with Gasteiger partial charge in [0.15, 0.2) is 17.5 Å². The lowest BCUT2D eigenvalue weighted by Crippen LogP contribution is -2.32. The summed E-state index contributed by atoms with van der Waals surface area (Å²) in [6.45, 7) is 5.88. The number of anilines is 1. The van der Waals surface area contributed by atoms with Gasteiger partial charge in [0.2, 0.25) is 0 Å². The number of benzene rings is 2. The smallest absolute Gasteiger partial charge is 0.195 e. The van der Waals surface area contributed by atoms with E-state index in [0.717, 1.165) is 23.5 Å². The molecule has 2 aromatic carbocycles. The first-order valence-electron chi connectivity index (χ1n) is 10.2. The number of nitrogens with zero attached hydrogens (tertiary/aromatic N) is 2. The SMILES string of the molecule is CCNC(=NCC(c1ccccc1OC)N(C)C)Nc1ccc(OC)c(OCC)c1. The summed E-state index contributed by atoms with van der Waals surface area (Å²) in [6.07, 6.45) is 0. The van der Waals surface area contributed by atoms with Crippen molar-refractivity contribution in [3.63, 3.8) is 0 Å².